The van der Waals surface area contributed by atoms with Gasteiger partial charge in [-0.15, -0.1) is 0 Å². The Morgan fingerprint density at radius 3 is 2.53 bits per heavy atom. The number of carboxylic acid groups (broad SMARTS) is 1. The zero-order chi connectivity index (χ0) is 13.2. The van der Waals surface area contributed by atoms with Crippen molar-refractivity contribution in [3.63, 3.8) is 0 Å². The summed E-state index contributed by atoms with van der Waals surface area (Å²) < 4.78 is 2.85. The Labute approximate surface area is 110 Å². The van der Waals surface area contributed by atoms with Gasteiger partial charge in [0.2, 0.25) is 0 Å². The van der Waals surface area contributed by atoms with Crippen molar-refractivity contribution in [3.05, 3.63) is 15.9 Å². The fourth-order valence-electron chi connectivity index (χ4n) is 1.94. The summed E-state index contributed by atoms with van der Waals surface area (Å²) in [6, 6.07) is 0. The molecule has 1 aromatic heterocycles. The van der Waals surface area contributed by atoms with Crippen molar-refractivity contribution < 1.29 is 9.90 Å². The first-order valence-corrected chi connectivity index (χ1v) is 6.48. The minimum atomic E-state index is -0.760. The van der Waals surface area contributed by atoms with Crippen LogP contribution in [-0.4, -0.2) is 20.9 Å². The van der Waals surface area contributed by atoms with Gasteiger partial charge in [-0.2, -0.15) is 5.10 Å². The molecule has 0 aromatic carbocycles. The highest BCUT2D eigenvalue weighted by atomic mass is 79.9. The molecule has 4 nitrogen and oxygen atoms in total. The molecule has 1 N–H and O–H groups in total. The summed E-state index contributed by atoms with van der Waals surface area (Å²) >= 11 is 3.55. The normalized spacial score (nSPS) is 11.8. The Morgan fingerprint density at radius 2 is 2.12 bits per heavy atom. The van der Waals surface area contributed by atoms with Gasteiger partial charge in [0, 0.05) is 7.05 Å². The molecule has 0 saturated carbocycles. The monoisotopic (exact) mass is 302 g/mol. The molecule has 17 heavy (non-hydrogen) atoms. The first-order chi connectivity index (χ1) is 7.76. The molecule has 0 aliphatic heterocycles. The average molecular weight is 303 g/mol. The predicted molar refractivity (Wildman–Crippen MR) is 70.0 cm³/mol. The molecule has 0 amide bonds. The zero-order valence-electron chi connectivity index (χ0n) is 10.7. The van der Waals surface area contributed by atoms with Gasteiger partial charge in [-0.1, -0.05) is 20.8 Å². The van der Waals surface area contributed by atoms with E-state index in [1.165, 1.54) is 0 Å². The Balaban J connectivity index is 2.95. The van der Waals surface area contributed by atoms with Crippen molar-refractivity contribution in [2.24, 2.45) is 12.5 Å². The highest BCUT2D eigenvalue weighted by Gasteiger charge is 2.26. The lowest BCUT2D eigenvalue weighted by Gasteiger charge is -2.22. The van der Waals surface area contributed by atoms with E-state index >= 15 is 0 Å². The van der Waals surface area contributed by atoms with E-state index in [0.717, 1.165) is 22.3 Å². The Morgan fingerprint density at radius 1 is 1.53 bits per heavy atom. The molecule has 1 heterocycles. The van der Waals surface area contributed by atoms with Gasteiger partial charge >= 0.3 is 5.97 Å². The molecule has 1 aromatic rings. The van der Waals surface area contributed by atoms with Crippen LogP contribution < -0.4 is 0 Å². The maximum atomic E-state index is 10.8. The van der Waals surface area contributed by atoms with Crippen LogP contribution in [0.15, 0.2) is 4.47 Å². The van der Waals surface area contributed by atoms with Crippen LogP contribution in [0, 0.1) is 5.41 Å². The number of rotatable bonds is 5. The first-order valence-electron chi connectivity index (χ1n) is 5.69. The van der Waals surface area contributed by atoms with Gasteiger partial charge in [-0.3, -0.25) is 9.48 Å². The number of carboxylic acids is 1. The Kier molecular flexibility index (Phi) is 4.36. The summed E-state index contributed by atoms with van der Waals surface area (Å²) in [6.45, 7) is 5.98. The number of aliphatic carboxylic acids is 1. The molecular formula is C12H19BrN2O2. The second-order valence-electron chi connectivity index (χ2n) is 5.10. The molecule has 0 aliphatic rings. The largest absolute Gasteiger partial charge is 0.481 e. The van der Waals surface area contributed by atoms with Gasteiger partial charge in [0.15, 0.2) is 0 Å². The molecular weight excluding hydrogens is 284 g/mol. The lowest BCUT2D eigenvalue weighted by molar-refractivity contribution is -0.139. The molecule has 0 fully saturated rings. The van der Waals surface area contributed by atoms with Crippen molar-refractivity contribution in [1.29, 1.82) is 0 Å². The summed E-state index contributed by atoms with van der Waals surface area (Å²) in [4.78, 5) is 10.8. The molecule has 0 spiro atoms. The van der Waals surface area contributed by atoms with Crippen LogP contribution in [0.3, 0.4) is 0 Å². The SMILES string of the molecule is CCc1nn(C)c(CC(C)(C)CC(=O)O)c1Br. The minimum Gasteiger partial charge on any atom is -0.481 e. The van der Waals surface area contributed by atoms with Crippen molar-refractivity contribution in [3.8, 4) is 0 Å². The van der Waals surface area contributed by atoms with Crippen molar-refractivity contribution in [2.75, 3.05) is 0 Å². The van der Waals surface area contributed by atoms with E-state index in [4.69, 9.17) is 5.11 Å². The molecule has 1 rings (SSSR count). The topological polar surface area (TPSA) is 55.1 Å². The van der Waals surface area contributed by atoms with E-state index in [1.54, 1.807) is 0 Å². The maximum Gasteiger partial charge on any atom is 0.303 e. The highest BCUT2D eigenvalue weighted by Crippen LogP contribution is 2.31. The number of aromatic nitrogens is 2. The predicted octanol–water partition coefficient (Wildman–Crippen LogP) is 2.79. The lowest BCUT2D eigenvalue weighted by Crippen LogP contribution is -2.21. The third-order valence-electron chi connectivity index (χ3n) is 2.78. The van der Waals surface area contributed by atoms with Gasteiger partial charge in [0.05, 0.1) is 22.3 Å². The van der Waals surface area contributed by atoms with Crippen LogP contribution in [0.4, 0.5) is 0 Å². The quantitative estimate of drug-likeness (QED) is 0.910. The van der Waals surface area contributed by atoms with E-state index in [9.17, 15) is 4.79 Å². The summed E-state index contributed by atoms with van der Waals surface area (Å²) in [5.41, 5.74) is 1.81. The molecule has 0 radical (unpaired) electrons. The fraction of sp³-hybridized carbons (Fsp3) is 0.667. The zero-order valence-corrected chi connectivity index (χ0v) is 12.3. The smallest absolute Gasteiger partial charge is 0.303 e. The number of hydrogen-bond acceptors (Lipinski definition) is 2. The fourth-order valence-corrected chi connectivity index (χ4v) is 2.69. The second kappa shape index (κ2) is 5.21. The molecule has 0 unspecified atom stereocenters. The number of nitrogens with zero attached hydrogens (tertiary/aromatic N) is 2. The van der Waals surface area contributed by atoms with E-state index in [2.05, 4.69) is 28.0 Å². The van der Waals surface area contributed by atoms with Crippen molar-refractivity contribution in [1.82, 2.24) is 9.78 Å². The van der Waals surface area contributed by atoms with Crippen molar-refractivity contribution in [2.45, 2.75) is 40.0 Å². The molecule has 0 atom stereocenters. The number of hydrogen-bond donors (Lipinski definition) is 1. The molecule has 5 heteroatoms. The van der Waals surface area contributed by atoms with E-state index in [-0.39, 0.29) is 11.8 Å². The standard InChI is InChI=1S/C12H19BrN2O2/c1-5-8-11(13)9(15(4)14-8)6-12(2,3)7-10(16)17/h5-7H2,1-4H3,(H,16,17). The summed E-state index contributed by atoms with van der Waals surface area (Å²) in [5, 5.41) is 13.3. The van der Waals surface area contributed by atoms with Gasteiger partial charge in [0.1, 0.15) is 0 Å². The lowest BCUT2D eigenvalue weighted by atomic mass is 9.84. The van der Waals surface area contributed by atoms with Crippen LogP contribution >= 0.6 is 15.9 Å². The Bertz CT molecular complexity index is 424. The van der Waals surface area contributed by atoms with Gasteiger partial charge in [0.25, 0.3) is 0 Å². The third-order valence-corrected chi connectivity index (χ3v) is 3.69. The van der Waals surface area contributed by atoms with Gasteiger partial charge < -0.3 is 5.11 Å². The minimum absolute atomic E-state index is 0.159. The van der Waals surface area contributed by atoms with E-state index in [1.807, 2.05) is 25.6 Å². The molecule has 0 bridgehead atoms. The van der Waals surface area contributed by atoms with Gasteiger partial charge in [-0.05, 0) is 34.2 Å². The van der Waals surface area contributed by atoms with E-state index < -0.39 is 5.97 Å². The number of halogens is 1. The second-order valence-corrected chi connectivity index (χ2v) is 5.89. The summed E-state index contributed by atoms with van der Waals surface area (Å²) in [6.07, 6.45) is 1.73. The van der Waals surface area contributed by atoms with Crippen molar-refractivity contribution >= 4 is 21.9 Å². The first kappa shape index (κ1) is 14.2. The number of carbonyl (C=O) groups is 1. The van der Waals surface area contributed by atoms with Crippen LogP contribution in [0.25, 0.3) is 0 Å². The highest BCUT2D eigenvalue weighted by molar-refractivity contribution is 9.10. The van der Waals surface area contributed by atoms with Crippen LogP contribution in [-0.2, 0) is 24.7 Å². The molecule has 0 saturated heterocycles. The number of aryl methyl sites for hydroxylation is 2. The van der Waals surface area contributed by atoms with Crippen LogP contribution in [0.1, 0.15) is 38.6 Å². The van der Waals surface area contributed by atoms with E-state index in [0.29, 0.717) is 6.42 Å². The maximum absolute atomic E-state index is 10.8. The Hall–Kier alpha value is -0.840. The van der Waals surface area contributed by atoms with Gasteiger partial charge in [-0.25, -0.2) is 0 Å². The summed E-state index contributed by atoms with van der Waals surface area (Å²) in [7, 11) is 1.90. The average Bonchev–Trinajstić information content (AvgIpc) is 2.42. The van der Waals surface area contributed by atoms with Crippen LogP contribution in [0.5, 0.6) is 0 Å². The van der Waals surface area contributed by atoms with Crippen LogP contribution in [0.2, 0.25) is 0 Å². The summed E-state index contributed by atoms with van der Waals surface area (Å²) in [5.74, 6) is -0.760. The molecule has 96 valence electrons. The molecule has 0 aliphatic carbocycles. The third kappa shape index (κ3) is 3.56.